The second-order valence-electron chi connectivity index (χ2n) is 6.52. The summed E-state index contributed by atoms with van der Waals surface area (Å²) in [6, 6.07) is 10.0. The van der Waals surface area contributed by atoms with Gasteiger partial charge in [0, 0.05) is 25.2 Å². The number of methoxy groups -OCH3 is 1. The molecule has 0 radical (unpaired) electrons. The van der Waals surface area contributed by atoms with Gasteiger partial charge in [0.25, 0.3) is 0 Å². The highest BCUT2D eigenvalue weighted by molar-refractivity contribution is 7.89. The number of sulfonamides is 1. The number of hydrogen-bond donors (Lipinski definition) is 1. The van der Waals surface area contributed by atoms with Crippen molar-refractivity contribution in [2.24, 2.45) is 0 Å². The quantitative estimate of drug-likeness (QED) is 0.814. The van der Waals surface area contributed by atoms with Crippen LogP contribution in [0.2, 0.25) is 0 Å². The minimum Gasteiger partial charge on any atom is -0.497 e. The van der Waals surface area contributed by atoms with Gasteiger partial charge in [-0.1, -0.05) is 12.1 Å². The third kappa shape index (κ3) is 4.28. The number of nitrogens with one attached hydrogen (secondary N) is 1. The third-order valence-electron chi connectivity index (χ3n) is 4.95. The van der Waals surface area contributed by atoms with Crippen LogP contribution in [0.4, 0.5) is 8.78 Å². The maximum atomic E-state index is 13.4. The van der Waals surface area contributed by atoms with Crippen molar-refractivity contribution in [2.45, 2.75) is 23.2 Å². The molecule has 1 aliphatic heterocycles. The van der Waals surface area contributed by atoms with Crippen molar-refractivity contribution in [1.82, 2.24) is 4.72 Å². The first-order chi connectivity index (χ1) is 12.9. The van der Waals surface area contributed by atoms with E-state index in [2.05, 4.69) is 4.72 Å². The van der Waals surface area contributed by atoms with Gasteiger partial charge in [-0.05, 0) is 48.7 Å². The Kier molecular flexibility index (Phi) is 5.78. The summed E-state index contributed by atoms with van der Waals surface area (Å²) in [7, 11) is -2.40. The van der Waals surface area contributed by atoms with E-state index in [0.717, 1.165) is 17.7 Å². The first kappa shape index (κ1) is 19.7. The van der Waals surface area contributed by atoms with Crippen LogP contribution in [0.1, 0.15) is 18.4 Å². The molecule has 2 aromatic carbocycles. The Bertz CT molecular complexity index is 894. The summed E-state index contributed by atoms with van der Waals surface area (Å²) in [5.41, 5.74) is 0.524. The van der Waals surface area contributed by atoms with E-state index in [4.69, 9.17) is 9.47 Å². The molecule has 146 valence electrons. The van der Waals surface area contributed by atoms with Gasteiger partial charge in [-0.2, -0.15) is 0 Å². The highest BCUT2D eigenvalue weighted by atomic mass is 32.2. The van der Waals surface area contributed by atoms with Crippen LogP contribution in [-0.2, 0) is 20.2 Å². The molecule has 8 heteroatoms. The zero-order valence-corrected chi connectivity index (χ0v) is 15.7. The largest absolute Gasteiger partial charge is 0.497 e. The molecule has 1 N–H and O–H groups in total. The lowest BCUT2D eigenvalue weighted by Crippen LogP contribution is -2.44. The first-order valence-electron chi connectivity index (χ1n) is 8.53. The molecule has 1 aliphatic rings. The molecule has 0 atom stereocenters. The smallest absolute Gasteiger partial charge is 0.240 e. The van der Waals surface area contributed by atoms with E-state index in [1.54, 1.807) is 7.11 Å². The molecule has 1 fully saturated rings. The van der Waals surface area contributed by atoms with Gasteiger partial charge in [-0.25, -0.2) is 21.9 Å². The van der Waals surface area contributed by atoms with Crippen LogP contribution < -0.4 is 9.46 Å². The number of benzene rings is 2. The Hall–Kier alpha value is -2.03. The second-order valence-corrected chi connectivity index (χ2v) is 8.29. The van der Waals surface area contributed by atoms with E-state index in [0.29, 0.717) is 37.9 Å². The average Bonchev–Trinajstić information content (AvgIpc) is 2.69. The van der Waals surface area contributed by atoms with Gasteiger partial charge in [-0.3, -0.25) is 0 Å². The number of rotatable bonds is 6. The SMILES string of the molecule is COc1ccc(C2(CNS(=O)(=O)c3ccc(F)c(F)c3)CCOCC2)cc1. The Morgan fingerprint density at radius 3 is 2.33 bits per heavy atom. The molecular weight excluding hydrogens is 376 g/mol. The van der Waals surface area contributed by atoms with Gasteiger partial charge in [0.2, 0.25) is 10.0 Å². The van der Waals surface area contributed by atoms with Crippen molar-refractivity contribution in [2.75, 3.05) is 26.9 Å². The molecule has 0 aromatic heterocycles. The third-order valence-corrected chi connectivity index (χ3v) is 6.35. The van der Waals surface area contributed by atoms with E-state index in [-0.39, 0.29) is 11.4 Å². The molecule has 0 amide bonds. The average molecular weight is 397 g/mol. The minimum absolute atomic E-state index is 0.129. The molecule has 5 nitrogen and oxygen atoms in total. The van der Waals surface area contributed by atoms with Crippen LogP contribution in [0, 0.1) is 11.6 Å². The Labute approximate surface area is 157 Å². The van der Waals surface area contributed by atoms with E-state index in [1.165, 1.54) is 0 Å². The zero-order valence-electron chi connectivity index (χ0n) is 14.9. The fourth-order valence-electron chi connectivity index (χ4n) is 3.23. The Morgan fingerprint density at radius 1 is 1.07 bits per heavy atom. The molecule has 0 aliphatic carbocycles. The van der Waals surface area contributed by atoms with Crippen molar-refractivity contribution in [3.8, 4) is 5.75 Å². The summed E-state index contributed by atoms with van der Waals surface area (Å²) < 4.78 is 64.8. The van der Waals surface area contributed by atoms with Gasteiger partial charge in [0.05, 0.1) is 12.0 Å². The van der Waals surface area contributed by atoms with E-state index in [9.17, 15) is 17.2 Å². The van der Waals surface area contributed by atoms with E-state index < -0.39 is 27.1 Å². The second kappa shape index (κ2) is 7.92. The van der Waals surface area contributed by atoms with Gasteiger partial charge < -0.3 is 9.47 Å². The predicted molar refractivity (Wildman–Crippen MR) is 96.3 cm³/mol. The molecule has 0 saturated carbocycles. The maximum absolute atomic E-state index is 13.4. The van der Waals surface area contributed by atoms with Gasteiger partial charge in [-0.15, -0.1) is 0 Å². The van der Waals surface area contributed by atoms with Crippen LogP contribution in [0.15, 0.2) is 47.4 Å². The van der Waals surface area contributed by atoms with Crippen molar-refractivity contribution >= 4 is 10.0 Å². The van der Waals surface area contributed by atoms with Crippen LogP contribution >= 0.6 is 0 Å². The normalized spacial score (nSPS) is 16.9. The fraction of sp³-hybridized carbons (Fsp3) is 0.368. The van der Waals surface area contributed by atoms with Gasteiger partial charge in [0.1, 0.15) is 5.75 Å². The highest BCUT2D eigenvalue weighted by Crippen LogP contribution is 2.35. The minimum atomic E-state index is -3.98. The molecule has 0 spiro atoms. The Balaban J connectivity index is 1.85. The first-order valence-corrected chi connectivity index (χ1v) is 10.0. The maximum Gasteiger partial charge on any atom is 0.240 e. The zero-order chi connectivity index (χ0) is 19.5. The monoisotopic (exact) mass is 397 g/mol. The van der Waals surface area contributed by atoms with Gasteiger partial charge in [0.15, 0.2) is 11.6 Å². The van der Waals surface area contributed by atoms with Gasteiger partial charge >= 0.3 is 0 Å². The topological polar surface area (TPSA) is 64.6 Å². The lowest BCUT2D eigenvalue weighted by molar-refractivity contribution is 0.0517. The Morgan fingerprint density at radius 2 is 1.74 bits per heavy atom. The standard InChI is InChI=1S/C19H21F2NO4S/c1-25-15-4-2-14(3-5-15)19(8-10-26-11-9-19)13-22-27(23,24)16-6-7-17(20)18(21)12-16/h2-7,12,22H,8-11,13H2,1H3. The van der Waals surface area contributed by atoms with Crippen molar-refractivity contribution in [3.63, 3.8) is 0 Å². The number of halogens is 2. The molecule has 27 heavy (non-hydrogen) atoms. The van der Waals surface area contributed by atoms with Crippen molar-refractivity contribution < 1.29 is 26.7 Å². The lowest BCUT2D eigenvalue weighted by atomic mass is 9.74. The molecular formula is C19H21F2NO4S. The summed E-state index contributed by atoms with van der Waals surface area (Å²) in [5, 5.41) is 0. The number of ether oxygens (including phenoxy) is 2. The van der Waals surface area contributed by atoms with Crippen LogP contribution in [0.5, 0.6) is 5.75 Å². The van der Waals surface area contributed by atoms with Crippen LogP contribution in [-0.4, -0.2) is 35.3 Å². The lowest BCUT2D eigenvalue weighted by Gasteiger charge is -2.38. The summed E-state index contributed by atoms with van der Waals surface area (Å²) in [4.78, 5) is -0.307. The van der Waals surface area contributed by atoms with E-state index >= 15 is 0 Å². The summed E-state index contributed by atoms with van der Waals surface area (Å²) in [5.74, 6) is -1.58. The van der Waals surface area contributed by atoms with Crippen LogP contribution in [0.3, 0.4) is 0 Å². The molecule has 0 unspecified atom stereocenters. The number of hydrogen-bond acceptors (Lipinski definition) is 4. The summed E-state index contributed by atoms with van der Waals surface area (Å²) in [6.07, 6.45) is 1.28. The van der Waals surface area contributed by atoms with Crippen LogP contribution in [0.25, 0.3) is 0 Å². The van der Waals surface area contributed by atoms with Crippen molar-refractivity contribution in [1.29, 1.82) is 0 Å². The fourth-order valence-corrected chi connectivity index (χ4v) is 4.37. The summed E-state index contributed by atoms with van der Waals surface area (Å²) in [6.45, 7) is 1.15. The molecule has 1 heterocycles. The molecule has 3 rings (SSSR count). The van der Waals surface area contributed by atoms with E-state index in [1.807, 2.05) is 24.3 Å². The molecule has 2 aromatic rings. The summed E-state index contributed by atoms with van der Waals surface area (Å²) >= 11 is 0. The highest BCUT2D eigenvalue weighted by Gasteiger charge is 2.36. The molecule has 1 saturated heterocycles. The molecule has 0 bridgehead atoms. The van der Waals surface area contributed by atoms with Crippen molar-refractivity contribution in [3.05, 3.63) is 59.7 Å². The predicted octanol–water partition coefficient (Wildman–Crippen LogP) is 3.00.